The Morgan fingerprint density at radius 1 is 1.40 bits per heavy atom. The van der Waals surface area contributed by atoms with Crippen LogP contribution in [-0.2, 0) is 21.8 Å². The SMILES string of the molecule is COC(=O)Cn1nnnc1SCc1ccc(F)c(F)c1. The number of carbonyl (C=O) groups excluding carboxylic acids is 1. The van der Waals surface area contributed by atoms with Gasteiger partial charge in [0.1, 0.15) is 6.54 Å². The van der Waals surface area contributed by atoms with Crippen molar-refractivity contribution in [3.8, 4) is 0 Å². The van der Waals surface area contributed by atoms with E-state index < -0.39 is 17.6 Å². The summed E-state index contributed by atoms with van der Waals surface area (Å²) in [5.74, 6) is -1.93. The fourth-order valence-electron chi connectivity index (χ4n) is 1.36. The fraction of sp³-hybridized carbons (Fsp3) is 0.273. The summed E-state index contributed by atoms with van der Waals surface area (Å²) in [7, 11) is 1.26. The van der Waals surface area contributed by atoms with Crippen LogP contribution in [0, 0.1) is 11.6 Å². The van der Waals surface area contributed by atoms with Gasteiger partial charge in [-0.2, -0.15) is 0 Å². The van der Waals surface area contributed by atoms with Crippen LogP contribution in [0.3, 0.4) is 0 Å². The topological polar surface area (TPSA) is 69.9 Å². The average Bonchev–Trinajstić information content (AvgIpc) is 2.87. The number of halogens is 2. The Kier molecular flexibility index (Phi) is 4.61. The largest absolute Gasteiger partial charge is 0.468 e. The molecule has 0 amide bonds. The minimum Gasteiger partial charge on any atom is -0.468 e. The molecule has 0 aliphatic rings. The first-order chi connectivity index (χ1) is 9.60. The third kappa shape index (κ3) is 3.50. The molecule has 1 aromatic heterocycles. The third-order valence-corrected chi connectivity index (χ3v) is 3.39. The molecule has 6 nitrogen and oxygen atoms in total. The monoisotopic (exact) mass is 300 g/mol. The van der Waals surface area contributed by atoms with Crippen molar-refractivity contribution >= 4 is 17.7 Å². The van der Waals surface area contributed by atoms with E-state index in [0.717, 1.165) is 12.1 Å². The maximum Gasteiger partial charge on any atom is 0.327 e. The predicted octanol–water partition coefficient (Wildman–Crippen LogP) is 1.42. The first-order valence-corrected chi connectivity index (χ1v) is 6.48. The highest BCUT2D eigenvalue weighted by Crippen LogP contribution is 2.21. The Balaban J connectivity index is 2.02. The van der Waals surface area contributed by atoms with Gasteiger partial charge in [0.05, 0.1) is 7.11 Å². The summed E-state index contributed by atoms with van der Waals surface area (Å²) in [5.41, 5.74) is 0.585. The minimum absolute atomic E-state index is 0.108. The van der Waals surface area contributed by atoms with E-state index in [4.69, 9.17) is 0 Å². The Morgan fingerprint density at radius 3 is 2.90 bits per heavy atom. The smallest absolute Gasteiger partial charge is 0.327 e. The number of thioether (sulfide) groups is 1. The van der Waals surface area contributed by atoms with Gasteiger partial charge in [0.2, 0.25) is 5.16 Å². The van der Waals surface area contributed by atoms with Crippen LogP contribution in [0.15, 0.2) is 23.4 Å². The first kappa shape index (κ1) is 14.4. The Bertz CT molecular complexity index is 620. The van der Waals surface area contributed by atoms with Gasteiger partial charge in [0, 0.05) is 5.75 Å². The molecule has 0 saturated heterocycles. The molecule has 0 unspecified atom stereocenters. The Hall–Kier alpha value is -2.03. The molecule has 0 radical (unpaired) electrons. The summed E-state index contributed by atoms with van der Waals surface area (Å²) in [6, 6.07) is 3.64. The molecule has 0 atom stereocenters. The van der Waals surface area contributed by atoms with Gasteiger partial charge in [-0.15, -0.1) is 5.10 Å². The van der Waals surface area contributed by atoms with Crippen LogP contribution in [0.1, 0.15) is 5.56 Å². The molecule has 0 aliphatic carbocycles. The predicted molar refractivity (Wildman–Crippen MR) is 65.8 cm³/mol. The molecule has 0 bridgehead atoms. The zero-order chi connectivity index (χ0) is 14.5. The van der Waals surface area contributed by atoms with E-state index in [1.165, 1.54) is 29.6 Å². The number of tetrazole rings is 1. The quantitative estimate of drug-likeness (QED) is 0.614. The van der Waals surface area contributed by atoms with Crippen molar-refractivity contribution in [2.24, 2.45) is 0 Å². The second kappa shape index (κ2) is 6.42. The summed E-state index contributed by atoms with van der Waals surface area (Å²) in [6.45, 7) is -0.108. The van der Waals surface area contributed by atoms with E-state index in [-0.39, 0.29) is 6.54 Å². The molecule has 106 valence electrons. The van der Waals surface area contributed by atoms with Crippen LogP contribution in [0.25, 0.3) is 0 Å². The second-order valence-corrected chi connectivity index (χ2v) is 4.67. The number of nitrogens with zero attached hydrogens (tertiary/aromatic N) is 4. The molecule has 1 heterocycles. The first-order valence-electron chi connectivity index (χ1n) is 5.50. The van der Waals surface area contributed by atoms with Gasteiger partial charge in [-0.3, -0.25) is 4.79 Å². The van der Waals surface area contributed by atoms with E-state index >= 15 is 0 Å². The van der Waals surface area contributed by atoms with Gasteiger partial charge in [-0.25, -0.2) is 13.5 Å². The summed E-state index contributed by atoms with van der Waals surface area (Å²) < 4.78 is 31.6. The highest BCUT2D eigenvalue weighted by molar-refractivity contribution is 7.98. The van der Waals surface area contributed by atoms with Crippen LogP contribution in [0.4, 0.5) is 8.78 Å². The van der Waals surface area contributed by atoms with Crippen molar-refractivity contribution in [1.29, 1.82) is 0 Å². The van der Waals surface area contributed by atoms with Crippen LogP contribution in [-0.4, -0.2) is 33.3 Å². The molecule has 2 aromatic rings. The Labute approximate surface area is 117 Å². The molecule has 0 fully saturated rings. The number of hydrogen-bond donors (Lipinski definition) is 0. The van der Waals surface area contributed by atoms with Crippen LogP contribution in [0.5, 0.6) is 0 Å². The molecule has 0 spiro atoms. The lowest BCUT2D eigenvalue weighted by Gasteiger charge is -2.03. The molecule has 20 heavy (non-hydrogen) atoms. The van der Waals surface area contributed by atoms with Crippen LogP contribution in [0.2, 0.25) is 0 Å². The van der Waals surface area contributed by atoms with Gasteiger partial charge in [0.15, 0.2) is 11.6 Å². The van der Waals surface area contributed by atoms with E-state index in [1.807, 2.05) is 0 Å². The van der Waals surface area contributed by atoms with Crippen molar-refractivity contribution in [1.82, 2.24) is 20.2 Å². The number of benzene rings is 1. The van der Waals surface area contributed by atoms with Gasteiger partial charge in [-0.05, 0) is 28.1 Å². The zero-order valence-electron chi connectivity index (χ0n) is 10.4. The van der Waals surface area contributed by atoms with Gasteiger partial charge >= 0.3 is 5.97 Å². The lowest BCUT2D eigenvalue weighted by Crippen LogP contribution is -2.13. The summed E-state index contributed by atoms with van der Waals surface area (Å²) in [4.78, 5) is 11.1. The average molecular weight is 300 g/mol. The van der Waals surface area contributed by atoms with E-state index in [2.05, 4.69) is 20.3 Å². The van der Waals surface area contributed by atoms with Gasteiger partial charge < -0.3 is 4.74 Å². The third-order valence-electron chi connectivity index (χ3n) is 2.36. The molecular weight excluding hydrogens is 290 g/mol. The fourth-order valence-corrected chi connectivity index (χ4v) is 2.18. The Morgan fingerprint density at radius 2 is 2.20 bits per heavy atom. The van der Waals surface area contributed by atoms with E-state index in [0.29, 0.717) is 16.5 Å². The van der Waals surface area contributed by atoms with Crippen molar-refractivity contribution in [3.63, 3.8) is 0 Å². The molecule has 0 saturated carbocycles. The van der Waals surface area contributed by atoms with E-state index in [9.17, 15) is 13.6 Å². The molecular formula is C11H10F2N4O2S. The normalized spacial score (nSPS) is 10.6. The maximum atomic E-state index is 13.1. The highest BCUT2D eigenvalue weighted by atomic mass is 32.2. The number of ether oxygens (including phenoxy) is 1. The van der Waals surface area contributed by atoms with Crippen LogP contribution < -0.4 is 0 Å². The van der Waals surface area contributed by atoms with Crippen molar-refractivity contribution in [2.75, 3.05) is 7.11 Å². The van der Waals surface area contributed by atoms with Crippen molar-refractivity contribution in [2.45, 2.75) is 17.5 Å². The maximum absolute atomic E-state index is 13.1. The highest BCUT2D eigenvalue weighted by Gasteiger charge is 2.11. The minimum atomic E-state index is -0.905. The molecule has 1 aromatic carbocycles. The molecule has 0 N–H and O–H groups in total. The van der Waals surface area contributed by atoms with Crippen LogP contribution >= 0.6 is 11.8 Å². The van der Waals surface area contributed by atoms with Crippen molar-refractivity contribution < 1.29 is 18.3 Å². The molecule has 9 heteroatoms. The molecule has 0 aliphatic heterocycles. The summed E-state index contributed by atoms with van der Waals surface area (Å²) in [6.07, 6.45) is 0. The number of methoxy groups -OCH3 is 1. The zero-order valence-corrected chi connectivity index (χ0v) is 11.2. The lowest BCUT2D eigenvalue weighted by atomic mass is 10.2. The van der Waals surface area contributed by atoms with Crippen molar-refractivity contribution in [3.05, 3.63) is 35.4 Å². The summed E-state index contributed by atoms with van der Waals surface area (Å²) >= 11 is 1.20. The van der Waals surface area contributed by atoms with Gasteiger partial charge in [-0.1, -0.05) is 17.8 Å². The number of rotatable bonds is 5. The standard InChI is InChI=1S/C11H10F2N4O2S/c1-19-10(18)5-17-11(14-15-16-17)20-6-7-2-3-8(12)9(13)4-7/h2-4H,5-6H2,1H3. The van der Waals surface area contributed by atoms with Gasteiger partial charge in [0.25, 0.3) is 0 Å². The second-order valence-electron chi connectivity index (χ2n) is 3.73. The number of esters is 1. The van der Waals surface area contributed by atoms with E-state index in [1.54, 1.807) is 0 Å². The number of hydrogen-bond acceptors (Lipinski definition) is 6. The molecule has 2 rings (SSSR count). The lowest BCUT2D eigenvalue weighted by molar-refractivity contribution is -0.141. The number of aromatic nitrogens is 4. The summed E-state index contributed by atoms with van der Waals surface area (Å²) in [5, 5.41) is 11.2. The number of carbonyl (C=O) groups is 1.